The van der Waals surface area contributed by atoms with E-state index in [1.54, 1.807) is 0 Å². The van der Waals surface area contributed by atoms with Crippen molar-refractivity contribution < 1.29 is 4.74 Å². The molecule has 0 atom stereocenters. The minimum atomic E-state index is 0.773. The van der Waals surface area contributed by atoms with E-state index in [-0.39, 0.29) is 0 Å². The van der Waals surface area contributed by atoms with Crippen LogP contribution in [0, 0.1) is 0 Å². The van der Waals surface area contributed by atoms with Gasteiger partial charge in [-0.05, 0) is 42.3 Å². The third kappa shape index (κ3) is 3.36. The molecule has 0 heterocycles. The van der Waals surface area contributed by atoms with E-state index in [9.17, 15) is 0 Å². The van der Waals surface area contributed by atoms with Gasteiger partial charge in [-0.15, -0.1) is 0 Å². The van der Waals surface area contributed by atoms with Crippen molar-refractivity contribution in [3.63, 3.8) is 0 Å². The Bertz CT molecular complexity index is 521. The highest BCUT2D eigenvalue weighted by Crippen LogP contribution is 2.29. The number of hydrogen-bond donors (Lipinski definition) is 0. The second-order valence-corrected chi connectivity index (χ2v) is 5.46. The van der Waals surface area contributed by atoms with Crippen molar-refractivity contribution in [2.75, 3.05) is 0 Å². The van der Waals surface area contributed by atoms with Gasteiger partial charge in [0, 0.05) is 15.4 Å². The summed E-state index contributed by atoms with van der Waals surface area (Å²) in [6, 6.07) is 14.3. The summed E-state index contributed by atoms with van der Waals surface area (Å²) < 4.78 is 6.96. The van der Waals surface area contributed by atoms with Gasteiger partial charge in [0.15, 0.2) is 0 Å². The van der Waals surface area contributed by atoms with Crippen LogP contribution in [0.25, 0.3) is 0 Å². The van der Waals surface area contributed by atoms with Crippen molar-refractivity contribution in [2.24, 2.45) is 0 Å². The van der Waals surface area contributed by atoms with Gasteiger partial charge in [0.2, 0.25) is 0 Å². The summed E-state index contributed by atoms with van der Waals surface area (Å²) in [5.74, 6) is 1.76. The van der Waals surface area contributed by atoms with Gasteiger partial charge in [-0.25, -0.2) is 0 Å². The van der Waals surface area contributed by atoms with Crippen LogP contribution in [0.1, 0.15) is 18.1 Å². The molecule has 0 aliphatic rings. The van der Waals surface area contributed by atoms with E-state index in [2.05, 4.69) is 57.0 Å². The summed E-state index contributed by atoms with van der Waals surface area (Å²) in [5, 5.41) is 0.773. The van der Waals surface area contributed by atoms with Crippen molar-refractivity contribution in [1.82, 2.24) is 0 Å². The van der Waals surface area contributed by atoms with Crippen LogP contribution in [0.2, 0.25) is 0 Å². The largest absolute Gasteiger partial charge is 0.457 e. The smallest absolute Gasteiger partial charge is 0.131 e. The van der Waals surface area contributed by atoms with E-state index < -0.39 is 0 Å². The van der Waals surface area contributed by atoms with E-state index in [1.807, 2.05) is 24.3 Å². The molecule has 0 aliphatic carbocycles. The molecule has 0 saturated carbocycles. The zero-order valence-corrected chi connectivity index (χ0v) is 13.3. The fraction of sp³-hybridized carbons (Fsp3) is 0.200. The molecule has 0 saturated heterocycles. The Balaban J connectivity index is 2.22. The predicted molar refractivity (Wildman–Crippen MR) is 82.7 cm³/mol. The zero-order valence-electron chi connectivity index (χ0n) is 10.1. The highest BCUT2D eigenvalue weighted by molar-refractivity contribution is 9.10. The van der Waals surface area contributed by atoms with E-state index >= 15 is 0 Å². The molecule has 0 bridgehead atoms. The number of aryl methyl sites for hydroxylation is 1. The van der Waals surface area contributed by atoms with Crippen molar-refractivity contribution >= 4 is 31.9 Å². The quantitative estimate of drug-likeness (QED) is 0.628. The first-order valence-corrected chi connectivity index (χ1v) is 7.75. The van der Waals surface area contributed by atoms with Crippen LogP contribution < -0.4 is 4.74 Å². The fourth-order valence-corrected chi connectivity index (χ4v) is 2.52. The highest BCUT2D eigenvalue weighted by Gasteiger charge is 2.04. The van der Waals surface area contributed by atoms with E-state index in [4.69, 9.17) is 4.74 Å². The Morgan fingerprint density at radius 2 is 1.78 bits per heavy atom. The summed E-state index contributed by atoms with van der Waals surface area (Å²) >= 11 is 6.94. The lowest BCUT2D eigenvalue weighted by atomic mass is 10.2. The predicted octanol–water partition coefficient (Wildman–Crippen LogP) is 5.70. The lowest BCUT2D eigenvalue weighted by molar-refractivity contribution is 0.478. The van der Waals surface area contributed by atoms with Gasteiger partial charge in [0.1, 0.15) is 11.5 Å². The minimum absolute atomic E-state index is 0.773. The maximum absolute atomic E-state index is 5.90. The first-order valence-electron chi connectivity index (χ1n) is 5.84. The van der Waals surface area contributed by atoms with Crippen molar-refractivity contribution in [3.8, 4) is 11.5 Å². The van der Waals surface area contributed by atoms with E-state index in [0.29, 0.717) is 0 Å². The molecule has 0 aromatic heterocycles. The van der Waals surface area contributed by atoms with Crippen LogP contribution in [0.3, 0.4) is 0 Å². The maximum atomic E-state index is 5.90. The van der Waals surface area contributed by atoms with Crippen LogP contribution in [-0.4, -0.2) is 0 Å². The number of benzene rings is 2. The SMILES string of the molecule is CCc1ccc(Oc2ccc(Br)cc2CBr)cc1. The van der Waals surface area contributed by atoms with E-state index in [1.165, 1.54) is 5.56 Å². The Hall–Kier alpha value is -0.800. The number of halogens is 2. The molecule has 0 spiro atoms. The summed E-state index contributed by atoms with van der Waals surface area (Å²) in [5.41, 5.74) is 2.45. The Kier molecular flexibility index (Phi) is 4.84. The number of ether oxygens (including phenoxy) is 1. The van der Waals surface area contributed by atoms with Gasteiger partial charge < -0.3 is 4.74 Å². The van der Waals surface area contributed by atoms with Gasteiger partial charge in [-0.1, -0.05) is 50.9 Å². The van der Waals surface area contributed by atoms with Crippen LogP contribution in [0.4, 0.5) is 0 Å². The van der Waals surface area contributed by atoms with Crippen LogP contribution in [0.15, 0.2) is 46.9 Å². The third-order valence-electron chi connectivity index (χ3n) is 2.73. The minimum Gasteiger partial charge on any atom is -0.457 e. The average Bonchev–Trinajstić information content (AvgIpc) is 2.41. The molecule has 0 aliphatic heterocycles. The molecule has 0 amide bonds. The molecule has 0 N–H and O–H groups in total. The molecule has 3 heteroatoms. The standard InChI is InChI=1S/C15H14Br2O/c1-2-11-3-6-14(7-4-11)18-15-8-5-13(17)9-12(15)10-16/h3-9H,2,10H2,1H3. The molecule has 18 heavy (non-hydrogen) atoms. The second-order valence-electron chi connectivity index (χ2n) is 3.99. The molecular weight excluding hydrogens is 356 g/mol. The average molecular weight is 370 g/mol. The monoisotopic (exact) mass is 368 g/mol. The molecule has 0 fully saturated rings. The first kappa shape index (κ1) is 13.6. The summed E-state index contributed by atoms with van der Waals surface area (Å²) in [4.78, 5) is 0. The Morgan fingerprint density at radius 3 is 2.39 bits per heavy atom. The first-order chi connectivity index (χ1) is 8.72. The topological polar surface area (TPSA) is 9.23 Å². The molecule has 0 radical (unpaired) electrons. The van der Waals surface area contributed by atoms with Crippen LogP contribution in [0.5, 0.6) is 11.5 Å². The highest BCUT2D eigenvalue weighted by atomic mass is 79.9. The summed E-state index contributed by atoms with van der Waals surface area (Å²) in [6.07, 6.45) is 1.05. The fourth-order valence-electron chi connectivity index (χ4n) is 1.67. The second kappa shape index (κ2) is 6.39. The van der Waals surface area contributed by atoms with Crippen molar-refractivity contribution in [3.05, 3.63) is 58.1 Å². The normalized spacial score (nSPS) is 10.4. The van der Waals surface area contributed by atoms with Crippen molar-refractivity contribution in [1.29, 1.82) is 0 Å². The molecule has 94 valence electrons. The Morgan fingerprint density at radius 1 is 1.06 bits per heavy atom. The summed E-state index contributed by atoms with van der Waals surface area (Å²) in [7, 11) is 0. The molecule has 2 rings (SSSR count). The van der Waals surface area contributed by atoms with Gasteiger partial charge in [0.25, 0.3) is 0 Å². The maximum Gasteiger partial charge on any atom is 0.131 e. The Labute approximate surface area is 124 Å². The van der Waals surface area contributed by atoms with Crippen LogP contribution >= 0.6 is 31.9 Å². The summed E-state index contributed by atoms with van der Waals surface area (Å²) in [6.45, 7) is 2.15. The van der Waals surface area contributed by atoms with E-state index in [0.717, 1.165) is 33.3 Å². The van der Waals surface area contributed by atoms with Gasteiger partial charge in [0.05, 0.1) is 0 Å². The number of rotatable bonds is 4. The van der Waals surface area contributed by atoms with Gasteiger partial charge in [-0.3, -0.25) is 0 Å². The lowest BCUT2D eigenvalue weighted by Crippen LogP contribution is -1.90. The molecule has 2 aromatic carbocycles. The zero-order chi connectivity index (χ0) is 13.0. The van der Waals surface area contributed by atoms with Gasteiger partial charge >= 0.3 is 0 Å². The third-order valence-corrected chi connectivity index (χ3v) is 3.82. The molecule has 0 unspecified atom stereocenters. The van der Waals surface area contributed by atoms with Crippen LogP contribution in [-0.2, 0) is 11.8 Å². The molecule has 2 aromatic rings. The molecule has 1 nitrogen and oxygen atoms in total. The molecular formula is C15H14Br2O. The van der Waals surface area contributed by atoms with Crippen molar-refractivity contribution in [2.45, 2.75) is 18.7 Å². The lowest BCUT2D eigenvalue weighted by Gasteiger charge is -2.10. The number of hydrogen-bond acceptors (Lipinski definition) is 1. The van der Waals surface area contributed by atoms with Gasteiger partial charge in [-0.2, -0.15) is 0 Å². The number of alkyl halides is 1.